The van der Waals surface area contributed by atoms with E-state index in [1.165, 1.54) is 22.5 Å². The molecule has 2 nitrogen and oxygen atoms in total. The molecule has 3 aromatic rings. The molecule has 0 bridgehead atoms. The molecule has 0 aliphatic heterocycles. The van der Waals surface area contributed by atoms with Gasteiger partial charge in [-0.1, -0.05) is 60.7 Å². The predicted molar refractivity (Wildman–Crippen MR) is 92.1 cm³/mol. The van der Waals surface area contributed by atoms with Gasteiger partial charge in [0.15, 0.2) is 0 Å². The minimum Gasteiger partial charge on any atom is -0.345 e. The molecule has 2 aromatic carbocycles. The second kappa shape index (κ2) is 6.58. The first kappa shape index (κ1) is 14.5. The van der Waals surface area contributed by atoms with E-state index in [1.807, 2.05) is 42.6 Å². The Morgan fingerprint density at radius 1 is 0.909 bits per heavy atom. The van der Waals surface area contributed by atoms with Crippen molar-refractivity contribution in [2.75, 3.05) is 0 Å². The van der Waals surface area contributed by atoms with Crippen molar-refractivity contribution in [3.05, 3.63) is 82.6 Å². The average molecular weight is 307 g/mol. The molecule has 3 rings (SSSR count). The summed E-state index contributed by atoms with van der Waals surface area (Å²) in [6.07, 6.45) is 0. The van der Waals surface area contributed by atoms with E-state index in [4.69, 9.17) is 0 Å². The molecule has 0 aliphatic rings. The Morgan fingerprint density at radius 2 is 1.59 bits per heavy atom. The maximum atomic E-state index is 12.1. The zero-order chi connectivity index (χ0) is 15.4. The quantitative estimate of drug-likeness (QED) is 0.729. The third-order valence-corrected chi connectivity index (χ3v) is 4.48. The number of hydrogen-bond donors (Lipinski definition) is 1. The molecule has 1 atom stereocenters. The van der Waals surface area contributed by atoms with E-state index in [9.17, 15) is 4.79 Å². The minimum atomic E-state index is -0.0189. The van der Waals surface area contributed by atoms with E-state index in [0.29, 0.717) is 0 Å². The molecule has 3 heteroatoms. The molecule has 0 aliphatic carbocycles. The minimum absolute atomic E-state index is 0.0144. The Balaban J connectivity index is 1.71. The van der Waals surface area contributed by atoms with Gasteiger partial charge < -0.3 is 5.32 Å². The summed E-state index contributed by atoms with van der Waals surface area (Å²) in [5.74, 6) is -0.0189. The van der Waals surface area contributed by atoms with Crippen LogP contribution in [0.3, 0.4) is 0 Å². The maximum Gasteiger partial charge on any atom is 0.261 e. The summed E-state index contributed by atoms with van der Waals surface area (Å²) >= 11 is 1.46. The number of carbonyl (C=O) groups excluding carboxylic acids is 1. The van der Waals surface area contributed by atoms with Gasteiger partial charge in [0.05, 0.1) is 10.9 Å². The molecule has 0 spiro atoms. The first-order valence-electron chi connectivity index (χ1n) is 7.24. The second-order valence-electron chi connectivity index (χ2n) is 5.16. The van der Waals surface area contributed by atoms with Crippen LogP contribution in [0.1, 0.15) is 28.2 Å². The van der Waals surface area contributed by atoms with Crippen molar-refractivity contribution in [1.29, 1.82) is 0 Å². The fraction of sp³-hybridized carbons (Fsp3) is 0.105. The lowest BCUT2D eigenvalue weighted by molar-refractivity contribution is 0.0944. The number of benzene rings is 2. The highest BCUT2D eigenvalue weighted by molar-refractivity contribution is 7.12. The van der Waals surface area contributed by atoms with E-state index in [0.717, 1.165) is 10.4 Å². The average Bonchev–Trinajstić information content (AvgIpc) is 3.10. The zero-order valence-corrected chi connectivity index (χ0v) is 13.1. The summed E-state index contributed by atoms with van der Waals surface area (Å²) in [5.41, 5.74) is 3.48. The molecule has 0 fully saturated rings. The Labute approximate surface area is 134 Å². The standard InChI is InChI=1S/C19H17NOS/c1-14(20-19(21)18-8-5-13-22-18)15-9-11-17(12-10-15)16-6-3-2-4-7-16/h2-14H,1H3,(H,20,21)/t14-/m1/s1. The van der Waals surface area contributed by atoms with Crippen LogP contribution in [-0.2, 0) is 0 Å². The number of nitrogens with one attached hydrogen (secondary N) is 1. The van der Waals surface area contributed by atoms with Crippen LogP contribution >= 0.6 is 11.3 Å². The van der Waals surface area contributed by atoms with E-state index >= 15 is 0 Å². The Kier molecular flexibility index (Phi) is 4.35. The first-order chi connectivity index (χ1) is 10.7. The predicted octanol–water partition coefficient (Wildman–Crippen LogP) is 4.91. The van der Waals surface area contributed by atoms with Gasteiger partial charge in [0.25, 0.3) is 5.91 Å². The van der Waals surface area contributed by atoms with Gasteiger partial charge in [-0.05, 0) is 35.1 Å². The second-order valence-corrected chi connectivity index (χ2v) is 6.11. The van der Waals surface area contributed by atoms with Crippen molar-refractivity contribution in [2.24, 2.45) is 0 Å². The highest BCUT2D eigenvalue weighted by atomic mass is 32.1. The number of carbonyl (C=O) groups is 1. The summed E-state index contributed by atoms with van der Waals surface area (Å²) in [6.45, 7) is 2.00. The molecule has 1 heterocycles. The molecule has 1 aromatic heterocycles. The number of hydrogen-bond acceptors (Lipinski definition) is 2. The molecule has 0 saturated heterocycles. The summed E-state index contributed by atoms with van der Waals surface area (Å²) in [4.78, 5) is 12.8. The van der Waals surface area contributed by atoms with Crippen LogP contribution in [-0.4, -0.2) is 5.91 Å². The van der Waals surface area contributed by atoms with Crippen LogP contribution in [0.4, 0.5) is 0 Å². The van der Waals surface area contributed by atoms with Crippen molar-refractivity contribution < 1.29 is 4.79 Å². The largest absolute Gasteiger partial charge is 0.345 e. The number of rotatable bonds is 4. The lowest BCUT2D eigenvalue weighted by Gasteiger charge is -2.14. The molecule has 0 saturated carbocycles. The molecule has 0 unspecified atom stereocenters. The van der Waals surface area contributed by atoms with Crippen LogP contribution in [0.2, 0.25) is 0 Å². The van der Waals surface area contributed by atoms with Gasteiger partial charge in [-0.3, -0.25) is 4.79 Å². The first-order valence-corrected chi connectivity index (χ1v) is 8.12. The molecule has 110 valence electrons. The van der Waals surface area contributed by atoms with Crippen molar-refractivity contribution in [1.82, 2.24) is 5.32 Å². The molecular weight excluding hydrogens is 290 g/mol. The third kappa shape index (κ3) is 3.26. The van der Waals surface area contributed by atoms with E-state index in [1.54, 1.807) is 0 Å². The molecular formula is C19H17NOS. The number of amides is 1. The van der Waals surface area contributed by atoms with Crippen molar-refractivity contribution >= 4 is 17.2 Å². The topological polar surface area (TPSA) is 29.1 Å². The number of thiophene rings is 1. The van der Waals surface area contributed by atoms with Crippen LogP contribution in [0, 0.1) is 0 Å². The van der Waals surface area contributed by atoms with Gasteiger partial charge in [0.1, 0.15) is 0 Å². The normalized spacial score (nSPS) is 11.9. The van der Waals surface area contributed by atoms with Crippen LogP contribution in [0.25, 0.3) is 11.1 Å². The zero-order valence-electron chi connectivity index (χ0n) is 12.3. The Morgan fingerprint density at radius 3 is 2.23 bits per heavy atom. The Hall–Kier alpha value is -2.39. The van der Waals surface area contributed by atoms with E-state index in [2.05, 4.69) is 41.7 Å². The lowest BCUT2D eigenvalue weighted by Crippen LogP contribution is -2.25. The summed E-state index contributed by atoms with van der Waals surface area (Å²) in [5, 5.41) is 4.94. The lowest BCUT2D eigenvalue weighted by atomic mass is 10.0. The SMILES string of the molecule is C[C@@H](NC(=O)c1cccs1)c1ccc(-c2ccccc2)cc1. The van der Waals surface area contributed by atoms with Gasteiger partial charge in [-0.2, -0.15) is 0 Å². The maximum absolute atomic E-state index is 12.1. The van der Waals surface area contributed by atoms with Gasteiger partial charge in [-0.25, -0.2) is 0 Å². The molecule has 0 radical (unpaired) electrons. The highest BCUT2D eigenvalue weighted by Gasteiger charge is 2.12. The molecule has 1 N–H and O–H groups in total. The fourth-order valence-electron chi connectivity index (χ4n) is 2.35. The van der Waals surface area contributed by atoms with Gasteiger partial charge in [0.2, 0.25) is 0 Å². The van der Waals surface area contributed by atoms with Gasteiger partial charge in [-0.15, -0.1) is 11.3 Å². The van der Waals surface area contributed by atoms with Crippen LogP contribution in [0.5, 0.6) is 0 Å². The van der Waals surface area contributed by atoms with Crippen molar-refractivity contribution in [3.63, 3.8) is 0 Å². The highest BCUT2D eigenvalue weighted by Crippen LogP contribution is 2.22. The van der Waals surface area contributed by atoms with E-state index < -0.39 is 0 Å². The van der Waals surface area contributed by atoms with Crippen LogP contribution in [0.15, 0.2) is 72.1 Å². The molecule has 1 amide bonds. The molecule has 22 heavy (non-hydrogen) atoms. The third-order valence-electron chi connectivity index (χ3n) is 3.61. The summed E-state index contributed by atoms with van der Waals surface area (Å²) in [6, 6.07) is 22.3. The van der Waals surface area contributed by atoms with Crippen molar-refractivity contribution in [2.45, 2.75) is 13.0 Å². The van der Waals surface area contributed by atoms with Crippen LogP contribution < -0.4 is 5.32 Å². The fourth-order valence-corrected chi connectivity index (χ4v) is 2.98. The van der Waals surface area contributed by atoms with E-state index in [-0.39, 0.29) is 11.9 Å². The smallest absolute Gasteiger partial charge is 0.261 e. The van der Waals surface area contributed by atoms with Gasteiger partial charge in [0, 0.05) is 0 Å². The van der Waals surface area contributed by atoms with Gasteiger partial charge >= 0.3 is 0 Å². The Bertz CT molecular complexity index is 733. The summed E-state index contributed by atoms with van der Waals surface area (Å²) in [7, 11) is 0. The summed E-state index contributed by atoms with van der Waals surface area (Å²) < 4.78 is 0. The van der Waals surface area contributed by atoms with Crippen molar-refractivity contribution in [3.8, 4) is 11.1 Å². The monoisotopic (exact) mass is 307 g/mol.